The Morgan fingerprint density at radius 1 is 1.11 bits per heavy atom. The maximum absolute atomic E-state index is 13.2. The predicted molar refractivity (Wildman–Crippen MR) is 104 cm³/mol. The quantitative estimate of drug-likeness (QED) is 0.655. The molecule has 28 heavy (non-hydrogen) atoms. The lowest BCUT2D eigenvalue weighted by Crippen LogP contribution is -2.46. The maximum atomic E-state index is 13.2. The van der Waals surface area contributed by atoms with Crippen LogP contribution in [0.5, 0.6) is 0 Å². The Labute approximate surface area is 165 Å². The van der Waals surface area contributed by atoms with Gasteiger partial charge >= 0.3 is 0 Å². The summed E-state index contributed by atoms with van der Waals surface area (Å²) in [5, 5.41) is 0. The molecule has 0 unspecified atom stereocenters. The second-order valence-corrected chi connectivity index (χ2v) is 7.34. The Kier molecular flexibility index (Phi) is 6.85. The summed E-state index contributed by atoms with van der Waals surface area (Å²) in [5.41, 5.74) is 0.827. The first-order valence-corrected chi connectivity index (χ1v) is 9.90. The summed E-state index contributed by atoms with van der Waals surface area (Å²) in [6, 6.07) is 9.69. The molecule has 1 aliphatic carbocycles. The van der Waals surface area contributed by atoms with E-state index >= 15 is 0 Å². The van der Waals surface area contributed by atoms with Crippen LogP contribution < -0.4 is 0 Å². The highest BCUT2D eigenvalue weighted by molar-refractivity contribution is 5.86. The molecule has 1 aliphatic rings. The van der Waals surface area contributed by atoms with Crippen molar-refractivity contribution in [3.8, 4) is 0 Å². The zero-order valence-electron chi connectivity index (χ0n) is 16.3. The molecule has 2 aromatic rings. The van der Waals surface area contributed by atoms with Gasteiger partial charge in [0.05, 0.1) is 19.4 Å². The molecule has 1 saturated carbocycles. The van der Waals surface area contributed by atoms with Crippen molar-refractivity contribution >= 4 is 11.8 Å². The van der Waals surface area contributed by atoms with E-state index in [1.807, 2.05) is 13.0 Å². The predicted octanol–water partition coefficient (Wildman–Crippen LogP) is 3.99. The number of hydrogen-bond donors (Lipinski definition) is 0. The lowest BCUT2D eigenvalue weighted by molar-refractivity contribution is -0.145. The zero-order chi connectivity index (χ0) is 19.9. The molecular formula is C22H27FN2O3. The molecule has 6 heteroatoms. The molecule has 1 aromatic carbocycles. The summed E-state index contributed by atoms with van der Waals surface area (Å²) in [6.07, 6.45) is 5.29. The fourth-order valence-corrected chi connectivity index (χ4v) is 3.35. The lowest BCUT2D eigenvalue weighted by atomic mass is 9.84. The van der Waals surface area contributed by atoms with Crippen LogP contribution in [-0.4, -0.2) is 34.7 Å². The number of carbonyl (C=O) groups excluding carboxylic acids is 2. The smallest absolute Gasteiger partial charge is 0.242 e. The van der Waals surface area contributed by atoms with E-state index in [1.165, 1.54) is 12.1 Å². The second-order valence-electron chi connectivity index (χ2n) is 7.34. The number of carbonyl (C=O) groups is 2. The van der Waals surface area contributed by atoms with Gasteiger partial charge in [0.15, 0.2) is 0 Å². The van der Waals surface area contributed by atoms with Crippen LogP contribution in [0.2, 0.25) is 0 Å². The van der Waals surface area contributed by atoms with Gasteiger partial charge in [-0.2, -0.15) is 0 Å². The Morgan fingerprint density at radius 2 is 1.86 bits per heavy atom. The largest absolute Gasteiger partial charge is 0.467 e. The van der Waals surface area contributed by atoms with E-state index in [4.69, 9.17) is 4.42 Å². The molecule has 1 aromatic heterocycles. The van der Waals surface area contributed by atoms with E-state index < -0.39 is 0 Å². The van der Waals surface area contributed by atoms with Gasteiger partial charge in [-0.3, -0.25) is 9.59 Å². The Morgan fingerprint density at radius 3 is 2.43 bits per heavy atom. The van der Waals surface area contributed by atoms with Crippen LogP contribution in [0, 0.1) is 11.7 Å². The minimum atomic E-state index is -0.312. The average molecular weight is 386 g/mol. The standard InChI is InChI=1S/C22H27FN2O3/c1-2-12-24(22(27)18-5-3-6-18)16-21(26)25(15-20-7-4-13-28-20)14-17-8-10-19(23)11-9-17/h4,7-11,13,18H,2-3,5-6,12,14-16H2,1H3. The van der Waals surface area contributed by atoms with Gasteiger partial charge in [-0.15, -0.1) is 0 Å². The number of benzene rings is 1. The zero-order valence-corrected chi connectivity index (χ0v) is 16.3. The van der Waals surface area contributed by atoms with Crippen molar-refractivity contribution in [1.29, 1.82) is 0 Å². The highest BCUT2D eigenvalue weighted by Crippen LogP contribution is 2.28. The molecule has 1 heterocycles. The van der Waals surface area contributed by atoms with Crippen LogP contribution in [-0.2, 0) is 22.7 Å². The molecule has 1 fully saturated rings. The van der Waals surface area contributed by atoms with Crippen molar-refractivity contribution in [2.24, 2.45) is 5.92 Å². The maximum Gasteiger partial charge on any atom is 0.242 e. The molecule has 3 rings (SSSR count). The minimum Gasteiger partial charge on any atom is -0.467 e. The summed E-state index contributed by atoms with van der Waals surface area (Å²) in [6.45, 7) is 3.28. The number of furan rings is 1. The number of halogens is 1. The van der Waals surface area contributed by atoms with Crippen LogP contribution >= 0.6 is 0 Å². The van der Waals surface area contributed by atoms with Gasteiger partial charge in [0.2, 0.25) is 11.8 Å². The number of amides is 2. The highest BCUT2D eigenvalue weighted by atomic mass is 19.1. The molecule has 0 spiro atoms. The first-order chi connectivity index (χ1) is 13.6. The summed E-state index contributed by atoms with van der Waals surface area (Å²) in [5.74, 6) is 0.369. The minimum absolute atomic E-state index is 0.0606. The van der Waals surface area contributed by atoms with Crippen LogP contribution in [0.3, 0.4) is 0 Å². The third-order valence-electron chi connectivity index (χ3n) is 5.15. The normalized spacial score (nSPS) is 13.8. The first-order valence-electron chi connectivity index (χ1n) is 9.90. The summed E-state index contributed by atoms with van der Waals surface area (Å²) < 4.78 is 18.6. The Balaban J connectivity index is 1.71. The van der Waals surface area contributed by atoms with Crippen molar-refractivity contribution in [3.05, 3.63) is 59.8 Å². The lowest BCUT2D eigenvalue weighted by Gasteiger charge is -2.32. The summed E-state index contributed by atoms with van der Waals surface area (Å²) in [7, 11) is 0. The van der Waals surface area contributed by atoms with Crippen LogP contribution in [0.1, 0.15) is 43.9 Å². The topological polar surface area (TPSA) is 53.8 Å². The second kappa shape index (κ2) is 9.53. The van der Waals surface area contributed by atoms with E-state index in [0.717, 1.165) is 31.2 Å². The fourth-order valence-electron chi connectivity index (χ4n) is 3.35. The third kappa shape index (κ3) is 5.21. The van der Waals surface area contributed by atoms with Gasteiger partial charge in [0.1, 0.15) is 11.6 Å². The van der Waals surface area contributed by atoms with Gasteiger partial charge in [-0.25, -0.2) is 4.39 Å². The van der Waals surface area contributed by atoms with Crippen LogP contribution in [0.15, 0.2) is 47.1 Å². The van der Waals surface area contributed by atoms with Gasteiger partial charge in [-0.1, -0.05) is 25.5 Å². The molecule has 0 aliphatic heterocycles. The van der Waals surface area contributed by atoms with Gasteiger partial charge in [0.25, 0.3) is 0 Å². The van der Waals surface area contributed by atoms with Gasteiger partial charge in [0, 0.05) is 19.0 Å². The monoisotopic (exact) mass is 386 g/mol. The molecule has 150 valence electrons. The molecular weight excluding hydrogens is 359 g/mol. The van der Waals surface area contributed by atoms with E-state index in [1.54, 1.807) is 34.3 Å². The summed E-state index contributed by atoms with van der Waals surface area (Å²) in [4.78, 5) is 29.1. The summed E-state index contributed by atoms with van der Waals surface area (Å²) >= 11 is 0. The first kappa shape index (κ1) is 20.1. The van der Waals surface area contributed by atoms with E-state index in [2.05, 4.69) is 0 Å². The molecule has 5 nitrogen and oxygen atoms in total. The van der Waals surface area contributed by atoms with E-state index in [0.29, 0.717) is 25.4 Å². The Hall–Kier alpha value is -2.63. The van der Waals surface area contributed by atoms with Crippen LogP contribution in [0.25, 0.3) is 0 Å². The van der Waals surface area contributed by atoms with Crippen molar-refractivity contribution in [2.45, 2.75) is 45.7 Å². The van der Waals surface area contributed by atoms with Gasteiger partial charge < -0.3 is 14.2 Å². The highest BCUT2D eigenvalue weighted by Gasteiger charge is 2.31. The average Bonchev–Trinajstić information content (AvgIpc) is 3.14. The number of hydrogen-bond acceptors (Lipinski definition) is 3. The van der Waals surface area contributed by atoms with Crippen LogP contribution in [0.4, 0.5) is 4.39 Å². The number of rotatable bonds is 9. The molecule has 0 N–H and O–H groups in total. The van der Waals surface area contributed by atoms with Crippen molar-refractivity contribution in [3.63, 3.8) is 0 Å². The Bertz CT molecular complexity index is 770. The van der Waals surface area contributed by atoms with Crippen molar-refractivity contribution < 1.29 is 18.4 Å². The van der Waals surface area contributed by atoms with Gasteiger partial charge in [-0.05, 0) is 49.1 Å². The molecule has 0 bridgehead atoms. The fraction of sp³-hybridized carbons (Fsp3) is 0.455. The molecule has 0 atom stereocenters. The van der Waals surface area contributed by atoms with Crippen molar-refractivity contribution in [2.75, 3.05) is 13.1 Å². The molecule has 2 amide bonds. The van der Waals surface area contributed by atoms with Crippen molar-refractivity contribution in [1.82, 2.24) is 9.80 Å². The van der Waals surface area contributed by atoms with E-state index in [9.17, 15) is 14.0 Å². The van der Waals surface area contributed by atoms with E-state index in [-0.39, 0.29) is 30.1 Å². The molecule has 0 saturated heterocycles. The SMILES string of the molecule is CCCN(CC(=O)N(Cc1ccc(F)cc1)Cc1ccco1)C(=O)C1CCC1. The molecule has 0 radical (unpaired) electrons. The third-order valence-corrected chi connectivity index (χ3v) is 5.15. The number of nitrogens with zero attached hydrogens (tertiary/aromatic N) is 2.